The van der Waals surface area contributed by atoms with E-state index >= 15 is 0 Å². The number of likely N-dealkylation sites (N-methyl/N-ethyl adjacent to an activating group) is 1. The van der Waals surface area contributed by atoms with Crippen LogP contribution in [-0.2, 0) is 10.3 Å². The molecule has 1 heterocycles. The molecular weight excluding hydrogens is 266 g/mol. The Bertz CT molecular complexity index is 444. The van der Waals surface area contributed by atoms with Crippen LogP contribution in [0.4, 0.5) is 0 Å². The van der Waals surface area contributed by atoms with Crippen molar-refractivity contribution in [1.29, 1.82) is 0 Å². The van der Waals surface area contributed by atoms with Crippen LogP contribution < -0.4 is 5.32 Å². The van der Waals surface area contributed by atoms with Crippen LogP contribution in [-0.4, -0.2) is 30.3 Å². The zero-order valence-electron chi connectivity index (χ0n) is 14.0. The average Bonchev–Trinajstić information content (AvgIpc) is 2.98. The number of methoxy groups -OCH3 is 1. The minimum absolute atomic E-state index is 0.205. The van der Waals surface area contributed by atoms with E-state index in [-0.39, 0.29) is 11.5 Å². The SMILES string of the molecule is CCC(NC)C(C)c1nc(C2(OC)CCCC(C)C2)no1. The number of ether oxygens (including phenoxy) is 1. The van der Waals surface area contributed by atoms with Crippen molar-refractivity contribution in [2.24, 2.45) is 5.92 Å². The summed E-state index contributed by atoms with van der Waals surface area (Å²) in [6.45, 7) is 6.56. The summed E-state index contributed by atoms with van der Waals surface area (Å²) in [4.78, 5) is 4.69. The molecule has 5 heteroatoms. The van der Waals surface area contributed by atoms with Crippen LogP contribution in [0, 0.1) is 5.92 Å². The Kier molecular flexibility index (Phi) is 5.38. The van der Waals surface area contributed by atoms with Gasteiger partial charge in [0.2, 0.25) is 11.7 Å². The molecule has 2 rings (SSSR count). The second-order valence-electron chi connectivity index (χ2n) is 6.45. The lowest BCUT2D eigenvalue weighted by Crippen LogP contribution is -2.35. The molecule has 0 amide bonds. The van der Waals surface area contributed by atoms with Crippen molar-refractivity contribution >= 4 is 0 Å². The maximum absolute atomic E-state index is 5.84. The summed E-state index contributed by atoms with van der Waals surface area (Å²) in [5.41, 5.74) is -0.361. The topological polar surface area (TPSA) is 60.2 Å². The number of hydrogen-bond acceptors (Lipinski definition) is 5. The van der Waals surface area contributed by atoms with Gasteiger partial charge in [0.15, 0.2) is 0 Å². The molecule has 4 atom stereocenters. The smallest absolute Gasteiger partial charge is 0.231 e. The van der Waals surface area contributed by atoms with Gasteiger partial charge in [0.25, 0.3) is 0 Å². The molecular formula is C16H29N3O2. The minimum Gasteiger partial charge on any atom is -0.370 e. The Morgan fingerprint density at radius 3 is 2.86 bits per heavy atom. The van der Waals surface area contributed by atoms with Crippen molar-refractivity contribution in [3.63, 3.8) is 0 Å². The summed E-state index contributed by atoms with van der Waals surface area (Å²) in [5, 5.41) is 7.56. The van der Waals surface area contributed by atoms with Crippen LogP contribution in [0.3, 0.4) is 0 Å². The third-order valence-electron chi connectivity index (χ3n) is 5.00. The summed E-state index contributed by atoms with van der Waals surface area (Å²) in [5.74, 6) is 2.28. The first kappa shape index (κ1) is 16.4. The Labute approximate surface area is 127 Å². The van der Waals surface area contributed by atoms with Crippen molar-refractivity contribution in [1.82, 2.24) is 15.5 Å². The number of rotatable bonds is 6. The molecule has 0 aliphatic heterocycles. The summed E-state index contributed by atoms with van der Waals surface area (Å²) in [7, 11) is 3.74. The molecule has 1 N–H and O–H groups in total. The molecule has 1 aliphatic rings. The molecule has 0 aromatic carbocycles. The highest BCUT2D eigenvalue weighted by atomic mass is 16.5. The van der Waals surface area contributed by atoms with Crippen molar-refractivity contribution in [3.8, 4) is 0 Å². The van der Waals surface area contributed by atoms with E-state index in [0.29, 0.717) is 17.9 Å². The molecule has 1 aromatic rings. The van der Waals surface area contributed by atoms with Crippen molar-refractivity contribution in [2.45, 2.75) is 70.4 Å². The standard InChI is InChI=1S/C16H29N3O2/c1-6-13(17-4)12(3)14-18-15(19-21-14)16(20-5)9-7-8-11(2)10-16/h11-13,17H,6-10H2,1-5H3. The van der Waals surface area contributed by atoms with Gasteiger partial charge in [-0.15, -0.1) is 0 Å². The quantitative estimate of drug-likeness (QED) is 0.873. The fourth-order valence-electron chi connectivity index (χ4n) is 3.57. The fraction of sp³-hybridized carbons (Fsp3) is 0.875. The molecule has 0 saturated heterocycles. The van der Waals surface area contributed by atoms with Gasteiger partial charge in [-0.2, -0.15) is 4.98 Å². The molecule has 4 unspecified atom stereocenters. The van der Waals surface area contributed by atoms with Crippen LogP contribution in [0.2, 0.25) is 0 Å². The number of hydrogen-bond donors (Lipinski definition) is 1. The number of aromatic nitrogens is 2. The zero-order valence-corrected chi connectivity index (χ0v) is 14.0. The van der Waals surface area contributed by atoms with Crippen LogP contribution in [0.25, 0.3) is 0 Å². The lowest BCUT2D eigenvalue weighted by Gasteiger charge is -2.36. The maximum Gasteiger partial charge on any atom is 0.231 e. The van der Waals surface area contributed by atoms with Gasteiger partial charge in [-0.25, -0.2) is 0 Å². The van der Waals surface area contributed by atoms with Gasteiger partial charge in [0, 0.05) is 13.2 Å². The summed E-state index contributed by atoms with van der Waals surface area (Å²) in [6, 6.07) is 0.349. The van der Waals surface area contributed by atoms with Gasteiger partial charge in [0.05, 0.1) is 5.92 Å². The Morgan fingerprint density at radius 2 is 2.29 bits per heavy atom. The molecule has 0 bridgehead atoms. The summed E-state index contributed by atoms with van der Waals surface area (Å²) in [6.07, 6.45) is 5.39. The predicted octanol–water partition coefficient (Wildman–Crippen LogP) is 3.22. The first-order valence-electron chi connectivity index (χ1n) is 8.12. The molecule has 21 heavy (non-hydrogen) atoms. The monoisotopic (exact) mass is 295 g/mol. The van der Waals surface area contributed by atoms with E-state index < -0.39 is 0 Å². The minimum atomic E-state index is -0.361. The van der Waals surface area contributed by atoms with Gasteiger partial charge in [-0.3, -0.25) is 0 Å². The van der Waals surface area contributed by atoms with Crippen molar-refractivity contribution < 1.29 is 9.26 Å². The second kappa shape index (κ2) is 6.88. The molecule has 1 aliphatic carbocycles. The van der Waals surface area contributed by atoms with Gasteiger partial charge in [-0.1, -0.05) is 32.3 Å². The van der Waals surface area contributed by atoms with Crippen LogP contribution in [0.5, 0.6) is 0 Å². The van der Waals surface area contributed by atoms with Crippen LogP contribution in [0.15, 0.2) is 4.52 Å². The van der Waals surface area contributed by atoms with Gasteiger partial charge < -0.3 is 14.6 Å². The third-order valence-corrected chi connectivity index (χ3v) is 5.00. The zero-order chi connectivity index (χ0) is 15.5. The highest BCUT2D eigenvalue weighted by molar-refractivity contribution is 5.06. The van der Waals surface area contributed by atoms with Crippen molar-refractivity contribution in [2.75, 3.05) is 14.2 Å². The van der Waals surface area contributed by atoms with Crippen LogP contribution >= 0.6 is 0 Å². The maximum atomic E-state index is 5.84. The molecule has 1 aromatic heterocycles. The van der Waals surface area contributed by atoms with Gasteiger partial charge in [0.1, 0.15) is 5.60 Å². The largest absolute Gasteiger partial charge is 0.370 e. The van der Waals surface area contributed by atoms with E-state index in [1.807, 2.05) is 7.05 Å². The second-order valence-corrected chi connectivity index (χ2v) is 6.45. The first-order chi connectivity index (χ1) is 10.1. The third kappa shape index (κ3) is 3.29. The van der Waals surface area contributed by atoms with Crippen LogP contribution in [0.1, 0.15) is 70.5 Å². The van der Waals surface area contributed by atoms with E-state index in [2.05, 4.69) is 36.2 Å². The summed E-state index contributed by atoms with van der Waals surface area (Å²) >= 11 is 0. The van der Waals surface area contributed by atoms with E-state index in [9.17, 15) is 0 Å². The Morgan fingerprint density at radius 1 is 1.52 bits per heavy atom. The van der Waals surface area contributed by atoms with E-state index in [1.165, 1.54) is 6.42 Å². The van der Waals surface area contributed by atoms with E-state index in [1.54, 1.807) is 7.11 Å². The first-order valence-corrected chi connectivity index (χ1v) is 8.12. The molecule has 0 spiro atoms. The highest BCUT2D eigenvalue weighted by Crippen LogP contribution is 2.41. The van der Waals surface area contributed by atoms with Gasteiger partial charge in [-0.05, 0) is 38.6 Å². The Balaban J connectivity index is 2.21. The Hall–Kier alpha value is -0.940. The highest BCUT2D eigenvalue weighted by Gasteiger charge is 2.41. The molecule has 1 fully saturated rings. The van der Waals surface area contributed by atoms with Crippen molar-refractivity contribution in [3.05, 3.63) is 11.7 Å². The molecule has 1 saturated carbocycles. The van der Waals surface area contributed by atoms with Gasteiger partial charge >= 0.3 is 0 Å². The lowest BCUT2D eigenvalue weighted by molar-refractivity contribution is -0.0658. The lowest BCUT2D eigenvalue weighted by atomic mass is 9.78. The fourth-order valence-corrected chi connectivity index (χ4v) is 3.57. The number of nitrogens with zero attached hydrogens (tertiary/aromatic N) is 2. The predicted molar refractivity (Wildman–Crippen MR) is 82.2 cm³/mol. The number of nitrogens with one attached hydrogen (secondary N) is 1. The molecule has 5 nitrogen and oxygen atoms in total. The van der Waals surface area contributed by atoms with E-state index in [4.69, 9.17) is 9.26 Å². The average molecular weight is 295 g/mol. The summed E-state index contributed by atoms with van der Waals surface area (Å²) < 4.78 is 11.4. The normalized spacial score (nSPS) is 29.3. The van der Waals surface area contributed by atoms with E-state index in [0.717, 1.165) is 31.5 Å². The molecule has 120 valence electrons. The molecule has 0 radical (unpaired) electrons.